The zero-order valence-corrected chi connectivity index (χ0v) is 14.1. The molecule has 0 spiro atoms. The van der Waals surface area contributed by atoms with Crippen molar-refractivity contribution in [3.8, 4) is 5.69 Å². The fraction of sp³-hybridized carbons (Fsp3) is 0.312. The van der Waals surface area contributed by atoms with E-state index in [0.29, 0.717) is 16.3 Å². The van der Waals surface area contributed by atoms with E-state index in [-0.39, 0.29) is 0 Å². The van der Waals surface area contributed by atoms with E-state index in [1.54, 1.807) is 29.8 Å². The quantitative estimate of drug-likeness (QED) is 0.932. The van der Waals surface area contributed by atoms with Gasteiger partial charge in [-0.15, -0.1) is 0 Å². The summed E-state index contributed by atoms with van der Waals surface area (Å²) < 4.78 is 1.60. The topological polar surface area (TPSA) is 75.4 Å². The van der Waals surface area contributed by atoms with Crippen LogP contribution in [0.3, 0.4) is 0 Å². The average molecular weight is 336 g/mol. The number of likely N-dealkylation sites (N-methyl/N-ethyl adjacent to an activating group) is 1. The molecular formula is C16H18ClN3O3. The van der Waals surface area contributed by atoms with Crippen molar-refractivity contribution < 1.29 is 14.7 Å². The molecule has 0 saturated heterocycles. The number of carbonyl (C=O) groups is 2. The highest BCUT2D eigenvalue weighted by Crippen LogP contribution is 2.21. The first-order valence-corrected chi connectivity index (χ1v) is 7.36. The van der Waals surface area contributed by atoms with Crippen LogP contribution in [0.1, 0.15) is 29.9 Å². The second-order valence-corrected chi connectivity index (χ2v) is 6.20. The molecule has 1 aromatic carbocycles. The maximum Gasteiger partial charge on any atom is 0.329 e. The van der Waals surface area contributed by atoms with Crippen molar-refractivity contribution in [2.24, 2.45) is 0 Å². The van der Waals surface area contributed by atoms with E-state index < -0.39 is 17.4 Å². The van der Waals surface area contributed by atoms with Crippen LogP contribution < -0.4 is 0 Å². The predicted octanol–water partition coefficient (Wildman–Crippen LogP) is 2.77. The number of aromatic nitrogens is 2. The smallest absolute Gasteiger partial charge is 0.329 e. The third-order valence-corrected chi connectivity index (χ3v) is 4.19. The Bertz CT molecular complexity index is 768. The van der Waals surface area contributed by atoms with Crippen molar-refractivity contribution in [1.29, 1.82) is 0 Å². The molecule has 2 aromatic rings. The molecule has 0 unspecified atom stereocenters. The molecule has 0 bridgehead atoms. The summed E-state index contributed by atoms with van der Waals surface area (Å²) in [7, 11) is 1.46. The Labute approximate surface area is 139 Å². The summed E-state index contributed by atoms with van der Waals surface area (Å²) in [6.45, 7) is 4.71. The van der Waals surface area contributed by atoms with Crippen LogP contribution in [-0.4, -0.2) is 44.3 Å². The lowest BCUT2D eigenvalue weighted by atomic mass is 10.0. The van der Waals surface area contributed by atoms with Crippen LogP contribution in [0.4, 0.5) is 0 Å². The van der Waals surface area contributed by atoms with E-state index in [4.69, 9.17) is 11.6 Å². The number of carboxylic acids is 1. The van der Waals surface area contributed by atoms with Crippen molar-refractivity contribution in [2.45, 2.75) is 26.3 Å². The van der Waals surface area contributed by atoms with Crippen molar-refractivity contribution >= 4 is 23.5 Å². The number of nitrogens with zero attached hydrogens (tertiary/aromatic N) is 3. The van der Waals surface area contributed by atoms with Gasteiger partial charge < -0.3 is 10.0 Å². The minimum atomic E-state index is -1.32. The number of hydrogen-bond acceptors (Lipinski definition) is 3. The van der Waals surface area contributed by atoms with Crippen molar-refractivity contribution in [3.05, 3.63) is 46.7 Å². The summed E-state index contributed by atoms with van der Waals surface area (Å²) in [5, 5.41) is 14.0. The molecule has 0 aliphatic rings. The van der Waals surface area contributed by atoms with E-state index in [9.17, 15) is 14.7 Å². The first-order chi connectivity index (χ1) is 10.7. The second kappa shape index (κ2) is 6.04. The standard InChI is InChI=1S/C16H18ClN3O3/c1-10-13(14(21)19(4)16(2,3)15(22)23)9-18-20(10)12-7-5-6-11(17)8-12/h5-9H,1-4H3,(H,22,23). The lowest BCUT2D eigenvalue weighted by Gasteiger charge is -2.31. The maximum absolute atomic E-state index is 12.6. The van der Waals surface area contributed by atoms with Gasteiger partial charge in [0.15, 0.2) is 0 Å². The molecule has 7 heteroatoms. The Kier molecular flexibility index (Phi) is 4.47. The Morgan fingerprint density at radius 2 is 2.00 bits per heavy atom. The molecule has 0 radical (unpaired) electrons. The fourth-order valence-corrected chi connectivity index (χ4v) is 2.25. The van der Waals surface area contributed by atoms with Crippen LogP contribution in [0.15, 0.2) is 30.5 Å². The van der Waals surface area contributed by atoms with Crippen LogP contribution in [0, 0.1) is 6.92 Å². The van der Waals surface area contributed by atoms with Gasteiger partial charge in [-0.3, -0.25) is 4.79 Å². The molecule has 0 fully saturated rings. The SMILES string of the molecule is Cc1c(C(=O)N(C)C(C)(C)C(=O)O)cnn1-c1cccc(Cl)c1. The number of halogens is 1. The minimum Gasteiger partial charge on any atom is -0.480 e. The summed E-state index contributed by atoms with van der Waals surface area (Å²) in [5.41, 5.74) is 0.378. The number of rotatable bonds is 4. The zero-order valence-electron chi connectivity index (χ0n) is 13.4. The lowest BCUT2D eigenvalue weighted by Crippen LogP contribution is -2.50. The van der Waals surface area contributed by atoms with Crippen LogP contribution in [0.5, 0.6) is 0 Å². The fourth-order valence-electron chi connectivity index (χ4n) is 2.07. The normalized spacial score (nSPS) is 11.3. The largest absolute Gasteiger partial charge is 0.480 e. The summed E-state index contributed by atoms with van der Waals surface area (Å²) in [5.74, 6) is -1.48. The lowest BCUT2D eigenvalue weighted by molar-refractivity contribution is -0.147. The van der Waals surface area contributed by atoms with E-state index in [1.165, 1.54) is 32.0 Å². The van der Waals surface area contributed by atoms with Gasteiger partial charge in [0.2, 0.25) is 0 Å². The van der Waals surface area contributed by atoms with Gasteiger partial charge in [0.1, 0.15) is 5.54 Å². The molecular weight excluding hydrogens is 318 g/mol. The molecule has 23 heavy (non-hydrogen) atoms. The van der Waals surface area contributed by atoms with Gasteiger partial charge in [0.05, 0.1) is 23.1 Å². The molecule has 1 amide bonds. The van der Waals surface area contributed by atoms with E-state index in [2.05, 4.69) is 5.10 Å². The zero-order chi connectivity index (χ0) is 17.4. The van der Waals surface area contributed by atoms with Crippen LogP contribution in [-0.2, 0) is 4.79 Å². The van der Waals surface area contributed by atoms with Crippen LogP contribution in [0.25, 0.3) is 5.69 Å². The summed E-state index contributed by atoms with van der Waals surface area (Å²) in [6.07, 6.45) is 1.44. The third kappa shape index (κ3) is 3.07. The van der Waals surface area contributed by atoms with E-state index in [1.807, 2.05) is 6.07 Å². The Balaban J connectivity index is 2.40. The van der Waals surface area contributed by atoms with Gasteiger partial charge in [0, 0.05) is 12.1 Å². The van der Waals surface area contributed by atoms with E-state index >= 15 is 0 Å². The molecule has 6 nitrogen and oxygen atoms in total. The van der Waals surface area contributed by atoms with E-state index in [0.717, 1.165) is 5.69 Å². The van der Waals surface area contributed by atoms with Gasteiger partial charge in [-0.1, -0.05) is 17.7 Å². The highest BCUT2D eigenvalue weighted by Gasteiger charge is 2.36. The molecule has 1 heterocycles. The number of amides is 1. The van der Waals surface area contributed by atoms with Crippen molar-refractivity contribution in [2.75, 3.05) is 7.05 Å². The molecule has 2 rings (SSSR count). The van der Waals surface area contributed by atoms with Crippen molar-refractivity contribution in [3.63, 3.8) is 0 Å². The number of carbonyl (C=O) groups excluding carboxylic acids is 1. The second-order valence-electron chi connectivity index (χ2n) is 5.76. The Hall–Kier alpha value is -2.34. The summed E-state index contributed by atoms with van der Waals surface area (Å²) in [4.78, 5) is 25.1. The van der Waals surface area contributed by atoms with Gasteiger partial charge in [-0.2, -0.15) is 5.10 Å². The number of carboxylic acid groups (broad SMARTS) is 1. The molecule has 0 aliphatic heterocycles. The van der Waals surface area contributed by atoms with Gasteiger partial charge in [-0.25, -0.2) is 9.48 Å². The van der Waals surface area contributed by atoms with Gasteiger partial charge in [-0.05, 0) is 39.0 Å². The van der Waals surface area contributed by atoms with Crippen molar-refractivity contribution in [1.82, 2.24) is 14.7 Å². The highest BCUT2D eigenvalue weighted by molar-refractivity contribution is 6.30. The van der Waals surface area contributed by atoms with Gasteiger partial charge >= 0.3 is 5.97 Å². The molecule has 0 saturated carbocycles. The first-order valence-electron chi connectivity index (χ1n) is 6.98. The third-order valence-electron chi connectivity index (χ3n) is 3.96. The highest BCUT2D eigenvalue weighted by atomic mass is 35.5. The maximum atomic E-state index is 12.6. The Morgan fingerprint density at radius 1 is 1.35 bits per heavy atom. The number of aliphatic carboxylic acids is 1. The molecule has 0 aliphatic carbocycles. The summed E-state index contributed by atoms with van der Waals surface area (Å²) in [6, 6.07) is 7.10. The molecule has 1 aromatic heterocycles. The number of benzene rings is 1. The molecule has 1 N–H and O–H groups in total. The molecule has 122 valence electrons. The molecule has 0 atom stereocenters. The predicted molar refractivity (Wildman–Crippen MR) is 87.1 cm³/mol. The number of hydrogen-bond donors (Lipinski definition) is 1. The minimum absolute atomic E-state index is 0.349. The van der Waals surface area contributed by atoms with Crippen LogP contribution >= 0.6 is 11.6 Å². The average Bonchev–Trinajstić information content (AvgIpc) is 2.87. The Morgan fingerprint density at radius 3 is 2.57 bits per heavy atom. The van der Waals surface area contributed by atoms with Crippen LogP contribution in [0.2, 0.25) is 5.02 Å². The van der Waals surface area contributed by atoms with Gasteiger partial charge in [0.25, 0.3) is 5.91 Å². The first kappa shape index (κ1) is 17.0. The summed E-state index contributed by atoms with van der Waals surface area (Å²) >= 11 is 5.98. The monoisotopic (exact) mass is 335 g/mol.